The van der Waals surface area contributed by atoms with Gasteiger partial charge < -0.3 is 9.84 Å². The van der Waals surface area contributed by atoms with E-state index in [0.717, 1.165) is 12.8 Å². The molecule has 1 aliphatic carbocycles. The number of Topliss-reactive ketones (excluding diaryl/α,β-unsaturated/α-hetero) is 1. The average molecular weight is 262 g/mol. The molecule has 4 heteroatoms. The number of carboxylic acids is 1. The summed E-state index contributed by atoms with van der Waals surface area (Å²) >= 11 is 0. The molecule has 1 fully saturated rings. The minimum atomic E-state index is -0.855. The van der Waals surface area contributed by atoms with E-state index < -0.39 is 11.9 Å². The van der Waals surface area contributed by atoms with E-state index in [9.17, 15) is 14.7 Å². The van der Waals surface area contributed by atoms with E-state index in [1.165, 1.54) is 0 Å². The van der Waals surface area contributed by atoms with E-state index in [-0.39, 0.29) is 11.7 Å². The molecule has 0 unspecified atom stereocenters. The first-order chi connectivity index (χ1) is 9.13. The number of methoxy groups -OCH3 is 1. The molecular weight excluding hydrogens is 244 g/mol. The van der Waals surface area contributed by atoms with E-state index in [1.54, 1.807) is 31.4 Å². The van der Waals surface area contributed by atoms with Gasteiger partial charge in [-0.05, 0) is 37.1 Å². The molecule has 2 atom stereocenters. The summed E-state index contributed by atoms with van der Waals surface area (Å²) in [7, 11) is 1.57. The van der Waals surface area contributed by atoms with Crippen molar-refractivity contribution in [2.45, 2.75) is 25.7 Å². The van der Waals surface area contributed by atoms with Gasteiger partial charge in [-0.1, -0.05) is 12.8 Å². The van der Waals surface area contributed by atoms with Gasteiger partial charge in [0.1, 0.15) is 5.75 Å². The molecule has 1 aromatic rings. The van der Waals surface area contributed by atoms with Gasteiger partial charge in [0.2, 0.25) is 0 Å². The van der Waals surface area contributed by atoms with E-state index in [1.807, 2.05) is 0 Å². The molecule has 1 saturated carbocycles. The van der Waals surface area contributed by atoms with Crippen LogP contribution in [0.25, 0.3) is 0 Å². The Kier molecular flexibility index (Phi) is 4.20. The molecule has 0 aliphatic heterocycles. The fourth-order valence-electron chi connectivity index (χ4n) is 2.71. The molecule has 4 nitrogen and oxygen atoms in total. The second-order valence-electron chi connectivity index (χ2n) is 4.93. The van der Waals surface area contributed by atoms with Crippen LogP contribution in [-0.2, 0) is 4.79 Å². The fourth-order valence-corrected chi connectivity index (χ4v) is 2.71. The van der Waals surface area contributed by atoms with Crippen LogP contribution in [0.1, 0.15) is 36.0 Å². The Hall–Kier alpha value is -1.84. The van der Waals surface area contributed by atoms with E-state index >= 15 is 0 Å². The number of ether oxygens (including phenoxy) is 1. The van der Waals surface area contributed by atoms with Gasteiger partial charge in [-0.25, -0.2) is 0 Å². The standard InChI is InChI=1S/C15H18O4/c1-19-11-8-6-10(7-9-11)14(16)12-4-2-3-5-13(12)15(17)18/h6-9,12-13H,2-5H2,1H3,(H,17,18)/t12-,13-/m1/s1. The predicted octanol–water partition coefficient (Wildman–Crippen LogP) is 2.77. The summed E-state index contributed by atoms with van der Waals surface area (Å²) in [5.74, 6) is -1.15. The first kappa shape index (κ1) is 13.6. The molecule has 0 heterocycles. The minimum absolute atomic E-state index is 0.0604. The van der Waals surface area contributed by atoms with Crippen molar-refractivity contribution in [3.63, 3.8) is 0 Å². The number of aliphatic carboxylic acids is 1. The Labute approximate surface area is 112 Å². The molecule has 102 valence electrons. The number of carbonyl (C=O) groups excluding carboxylic acids is 1. The Morgan fingerprint density at radius 1 is 1.11 bits per heavy atom. The molecule has 0 spiro atoms. The van der Waals surface area contributed by atoms with Gasteiger partial charge in [0.15, 0.2) is 5.78 Å². The summed E-state index contributed by atoms with van der Waals surface area (Å²) in [5.41, 5.74) is 0.568. The van der Waals surface area contributed by atoms with Gasteiger partial charge in [-0.2, -0.15) is 0 Å². The molecule has 0 radical (unpaired) electrons. The third-order valence-corrected chi connectivity index (χ3v) is 3.79. The van der Waals surface area contributed by atoms with Crippen LogP contribution in [0.5, 0.6) is 5.75 Å². The molecule has 1 aliphatic rings. The maximum Gasteiger partial charge on any atom is 0.307 e. The van der Waals surface area contributed by atoms with Crippen LogP contribution < -0.4 is 4.74 Å². The van der Waals surface area contributed by atoms with Gasteiger partial charge in [-0.3, -0.25) is 9.59 Å². The summed E-state index contributed by atoms with van der Waals surface area (Å²) in [6, 6.07) is 6.86. The number of hydrogen-bond acceptors (Lipinski definition) is 3. The first-order valence-electron chi connectivity index (χ1n) is 6.54. The van der Waals surface area contributed by atoms with Crippen LogP contribution in [0, 0.1) is 11.8 Å². The summed E-state index contributed by atoms with van der Waals surface area (Å²) in [6.07, 6.45) is 3.09. The number of rotatable bonds is 4. The van der Waals surface area contributed by atoms with Crippen molar-refractivity contribution in [3.05, 3.63) is 29.8 Å². The van der Waals surface area contributed by atoms with Gasteiger partial charge in [-0.15, -0.1) is 0 Å². The second-order valence-corrected chi connectivity index (χ2v) is 4.93. The van der Waals surface area contributed by atoms with Crippen LogP contribution in [-0.4, -0.2) is 24.0 Å². The maximum absolute atomic E-state index is 12.4. The molecule has 1 N–H and O–H groups in total. The van der Waals surface area contributed by atoms with Gasteiger partial charge in [0, 0.05) is 11.5 Å². The summed E-state index contributed by atoms with van der Waals surface area (Å²) in [4.78, 5) is 23.6. The van der Waals surface area contributed by atoms with Gasteiger partial charge in [0.05, 0.1) is 13.0 Å². The number of benzene rings is 1. The predicted molar refractivity (Wildman–Crippen MR) is 70.4 cm³/mol. The van der Waals surface area contributed by atoms with Crippen LogP contribution in [0.4, 0.5) is 0 Å². The molecule has 0 saturated heterocycles. The second kappa shape index (κ2) is 5.87. The van der Waals surface area contributed by atoms with Crippen molar-refractivity contribution < 1.29 is 19.4 Å². The first-order valence-corrected chi connectivity index (χ1v) is 6.54. The Morgan fingerprint density at radius 3 is 2.21 bits per heavy atom. The summed E-state index contributed by atoms with van der Waals surface area (Å²) in [5, 5.41) is 9.21. The van der Waals surface area contributed by atoms with E-state index in [4.69, 9.17) is 4.74 Å². The van der Waals surface area contributed by atoms with Crippen molar-refractivity contribution in [3.8, 4) is 5.75 Å². The lowest BCUT2D eigenvalue weighted by atomic mass is 9.75. The van der Waals surface area contributed by atoms with Crippen molar-refractivity contribution in [1.29, 1.82) is 0 Å². The molecule has 2 rings (SSSR count). The normalized spacial score (nSPS) is 22.8. The zero-order valence-electron chi connectivity index (χ0n) is 11.0. The third-order valence-electron chi connectivity index (χ3n) is 3.79. The lowest BCUT2D eigenvalue weighted by molar-refractivity contribution is -0.144. The highest BCUT2D eigenvalue weighted by Crippen LogP contribution is 2.33. The zero-order chi connectivity index (χ0) is 13.8. The van der Waals surface area contributed by atoms with Crippen LogP contribution in [0.3, 0.4) is 0 Å². The van der Waals surface area contributed by atoms with E-state index in [2.05, 4.69) is 0 Å². The lowest BCUT2D eigenvalue weighted by Crippen LogP contribution is -2.32. The average Bonchev–Trinajstić information content (AvgIpc) is 2.46. The topological polar surface area (TPSA) is 63.6 Å². The summed E-state index contributed by atoms with van der Waals surface area (Å²) in [6.45, 7) is 0. The van der Waals surface area contributed by atoms with Crippen LogP contribution in [0.15, 0.2) is 24.3 Å². The smallest absolute Gasteiger partial charge is 0.307 e. The molecule has 19 heavy (non-hydrogen) atoms. The number of carboxylic acid groups (broad SMARTS) is 1. The number of ketones is 1. The SMILES string of the molecule is COc1ccc(C(=O)[C@@H]2CCCC[C@H]2C(=O)O)cc1. The lowest BCUT2D eigenvalue weighted by Gasteiger charge is -2.27. The molecule has 0 amide bonds. The van der Waals surface area contributed by atoms with Gasteiger partial charge in [0.25, 0.3) is 0 Å². The third kappa shape index (κ3) is 2.95. The van der Waals surface area contributed by atoms with Crippen LogP contribution >= 0.6 is 0 Å². The van der Waals surface area contributed by atoms with Crippen LogP contribution in [0.2, 0.25) is 0 Å². The van der Waals surface area contributed by atoms with Crippen molar-refractivity contribution >= 4 is 11.8 Å². The minimum Gasteiger partial charge on any atom is -0.497 e. The molecular formula is C15H18O4. The number of hydrogen-bond donors (Lipinski definition) is 1. The molecule has 0 bridgehead atoms. The van der Waals surface area contributed by atoms with Gasteiger partial charge >= 0.3 is 5.97 Å². The molecule has 1 aromatic carbocycles. The highest BCUT2D eigenvalue weighted by Gasteiger charge is 2.35. The Bertz CT molecular complexity index is 464. The van der Waals surface area contributed by atoms with Crippen molar-refractivity contribution in [2.75, 3.05) is 7.11 Å². The largest absolute Gasteiger partial charge is 0.497 e. The zero-order valence-corrected chi connectivity index (χ0v) is 11.0. The van der Waals surface area contributed by atoms with Crippen molar-refractivity contribution in [1.82, 2.24) is 0 Å². The number of carbonyl (C=O) groups is 2. The monoisotopic (exact) mass is 262 g/mol. The Morgan fingerprint density at radius 2 is 1.68 bits per heavy atom. The quantitative estimate of drug-likeness (QED) is 0.847. The van der Waals surface area contributed by atoms with Crippen molar-refractivity contribution in [2.24, 2.45) is 11.8 Å². The summed E-state index contributed by atoms with van der Waals surface area (Å²) < 4.78 is 5.05. The highest BCUT2D eigenvalue weighted by atomic mass is 16.5. The van der Waals surface area contributed by atoms with E-state index in [0.29, 0.717) is 24.2 Å². The Balaban J connectivity index is 2.18. The molecule has 0 aromatic heterocycles. The highest BCUT2D eigenvalue weighted by molar-refractivity contribution is 6.00. The fraction of sp³-hybridized carbons (Fsp3) is 0.467. The maximum atomic E-state index is 12.4.